The summed E-state index contributed by atoms with van der Waals surface area (Å²) in [4.78, 5) is 10.1. The first-order valence-corrected chi connectivity index (χ1v) is 3.67. The summed E-state index contributed by atoms with van der Waals surface area (Å²) >= 11 is 0. The van der Waals surface area contributed by atoms with Crippen molar-refractivity contribution in [1.82, 2.24) is 12.3 Å². The Kier molecular flexibility index (Phi) is 13.5. The molecule has 0 fully saturated rings. The van der Waals surface area contributed by atoms with Gasteiger partial charge >= 0.3 is 0 Å². The lowest BCUT2D eigenvalue weighted by molar-refractivity contribution is -0.361. The smallest absolute Gasteiger partial charge is 0.132 e. The number of carboxylic acid groups (broad SMARTS) is 1. The number of hydrogen-bond acceptors (Lipinski definition) is 3. The molecule has 5 nitrogen and oxygen atoms in total. The fourth-order valence-electron chi connectivity index (χ4n) is 0.627. The van der Waals surface area contributed by atoms with E-state index in [1.165, 1.54) is 12.1 Å². The van der Waals surface area contributed by atoms with Crippen LogP contribution in [0.4, 0.5) is 4.39 Å². The van der Waals surface area contributed by atoms with E-state index in [4.69, 9.17) is 5.11 Å². The second-order valence-corrected chi connectivity index (χ2v) is 2.06. The van der Waals surface area contributed by atoms with E-state index in [0.29, 0.717) is 0 Å². The summed E-state index contributed by atoms with van der Waals surface area (Å²) in [5.41, 5.74) is -0.400. The van der Waals surface area contributed by atoms with Crippen molar-refractivity contribution in [2.24, 2.45) is 0 Å². The van der Waals surface area contributed by atoms with Crippen LogP contribution in [-0.2, 0) is 0 Å². The number of carbonyl (C=O) groups is 1. The molecule has 0 aliphatic rings. The van der Waals surface area contributed by atoms with Crippen molar-refractivity contribution in [3.63, 3.8) is 0 Å². The van der Waals surface area contributed by atoms with Crippen LogP contribution >= 0.6 is 0 Å². The monoisotopic (exact) mass is 220 g/mol. The van der Waals surface area contributed by atoms with Crippen LogP contribution in [-0.4, -0.2) is 12.6 Å². The number of carboxylic acids is 1. The summed E-state index contributed by atoms with van der Waals surface area (Å²) in [5.74, 6) is -2.25. The number of halogens is 1. The fraction of sp³-hybridized carbons (Fsp3) is 0.222. The van der Waals surface area contributed by atoms with Gasteiger partial charge in [0, 0.05) is 5.56 Å². The van der Waals surface area contributed by atoms with E-state index in [2.05, 4.69) is 0 Å². The van der Waals surface area contributed by atoms with Crippen molar-refractivity contribution in [1.29, 1.82) is 0 Å². The zero-order valence-electron chi connectivity index (χ0n) is 9.12. The Bertz CT molecular complexity index is 282. The molecule has 0 atom stereocenters. The average molecular weight is 220 g/mol. The SMILES string of the molecule is CC[O-].O=C([O-])c1ccccc1F.[NH4+].[NH4+]. The molecule has 1 rings (SSSR count). The first-order valence-electron chi connectivity index (χ1n) is 3.67. The van der Waals surface area contributed by atoms with Gasteiger partial charge < -0.3 is 27.3 Å². The molecule has 88 valence electrons. The van der Waals surface area contributed by atoms with E-state index >= 15 is 0 Å². The maximum absolute atomic E-state index is 12.4. The minimum atomic E-state index is -1.49. The van der Waals surface area contributed by atoms with Crippen molar-refractivity contribution in [2.75, 3.05) is 6.61 Å². The number of aromatic carboxylic acids is 1. The van der Waals surface area contributed by atoms with E-state index in [0.717, 1.165) is 12.1 Å². The molecule has 8 N–H and O–H groups in total. The maximum atomic E-state index is 12.4. The van der Waals surface area contributed by atoms with Gasteiger partial charge in [-0.3, -0.25) is 0 Å². The van der Waals surface area contributed by atoms with E-state index < -0.39 is 17.3 Å². The van der Waals surface area contributed by atoms with Crippen molar-refractivity contribution < 1.29 is 19.4 Å². The zero-order valence-corrected chi connectivity index (χ0v) is 9.12. The predicted molar refractivity (Wildman–Crippen MR) is 53.2 cm³/mol. The Morgan fingerprint density at radius 3 is 2.00 bits per heavy atom. The lowest BCUT2D eigenvalue weighted by Crippen LogP contribution is -2.23. The normalized spacial score (nSPS) is 7.40. The van der Waals surface area contributed by atoms with Crippen molar-refractivity contribution in [2.45, 2.75) is 6.92 Å². The summed E-state index contributed by atoms with van der Waals surface area (Å²) in [7, 11) is 0. The Hall–Kier alpha value is -1.50. The molecule has 0 spiro atoms. The average Bonchev–Trinajstić information content (AvgIpc) is 2.06. The van der Waals surface area contributed by atoms with Crippen LogP contribution in [0, 0.1) is 5.82 Å². The summed E-state index contributed by atoms with van der Waals surface area (Å²) in [6, 6.07) is 5.09. The van der Waals surface area contributed by atoms with Crippen LogP contribution in [0.5, 0.6) is 0 Å². The first-order chi connectivity index (χ1) is 6.13. The van der Waals surface area contributed by atoms with Gasteiger partial charge in [0.05, 0.1) is 5.97 Å². The van der Waals surface area contributed by atoms with Gasteiger partial charge in [0.15, 0.2) is 0 Å². The van der Waals surface area contributed by atoms with Crippen molar-refractivity contribution >= 4 is 5.97 Å². The lowest BCUT2D eigenvalue weighted by atomic mass is 10.2. The fourth-order valence-corrected chi connectivity index (χ4v) is 0.627. The highest BCUT2D eigenvalue weighted by molar-refractivity contribution is 5.85. The van der Waals surface area contributed by atoms with Gasteiger partial charge in [-0.05, 0) is 6.07 Å². The molecule has 1 aromatic rings. The molecule has 6 heteroatoms. The molecular formula is C9H17FN2O3. The Morgan fingerprint density at radius 2 is 1.73 bits per heavy atom. The third-order valence-electron chi connectivity index (χ3n) is 1.09. The summed E-state index contributed by atoms with van der Waals surface area (Å²) in [6.45, 7) is 1.57. The molecule has 0 saturated heterocycles. The minimum absolute atomic E-state index is 0. The lowest BCUT2D eigenvalue weighted by Gasteiger charge is -2.00. The summed E-state index contributed by atoms with van der Waals surface area (Å²) in [5, 5.41) is 19.0. The molecule has 0 saturated carbocycles. The predicted octanol–water partition coefficient (Wildman–Crippen LogP) is 0.308. The zero-order chi connectivity index (χ0) is 10.3. The van der Waals surface area contributed by atoms with E-state index in [9.17, 15) is 14.3 Å². The molecule has 0 amide bonds. The second kappa shape index (κ2) is 10.6. The number of quaternary nitrogens is 2. The number of rotatable bonds is 1. The van der Waals surface area contributed by atoms with Gasteiger partial charge in [-0.25, -0.2) is 4.39 Å². The van der Waals surface area contributed by atoms with Crippen LogP contribution in [0.3, 0.4) is 0 Å². The summed E-state index contributed by atoms with van der Waals surface area (Å²) in [6.07, 6.45) is 0. The quantitative estimate of drug-likeness (QED) is 0.704. The minimum Gasteiger partial charge on any atom is -0.855 e. The van der Waals surface area contributed by atoms with Crippen LogP contribution in [0.25, 0.3) is 0 Å². The molecule has 0 aliphatic heterocycles. The molecule has 0 aromatic heterocycles. The highest BCUT2D eigenvalue weighted by Crippen LogP contribution is 2.03. The van der Waals surface area contributed by atoms with Crippen molar-refractivity contribution in [3.8, 4) is 0 Å². The van der Waals surface area contributed by atoms with Crippen LogP contribution in [0.15, 0.2) is 24.3 Å². The van der Waals surface area contributed by atoms with Gasteiger partial charge in [0.1, 0.15) is 5.82 Å². The molecule has 0 bridgehead atoms. The van der Waals surface area contributed by atoms with Gasteiger partial charge in [-0.2, -0.15) is 0 Å². The standard InChI is InChI=1S/C7H5FO2.C2H5O.2H3N/c8-6-4-2-1-3-5(6)7(9)10;1-2-3;;/h1-4H,(H,9,10);2H2,1H3;2*1H3/q;-1;;/p+1. The van der Waals surface area contributed by atoms with Gasteiger partial charge in [-0.15, -0.1) is 6.61 Å². The second-order valence-electron chi connectivity index (χ2n) is 2.06. The van der Waals surface area contributed by atoms with Gasteiger partial charge in [0.25, 0.3) is 0 Å². The van der Waals surface area contributed by atoms with E-state index in [-0.39, 0.29) is 18.9 Å². The van der Waals surface area contributed by atoms with Crippen LogP contribution < -0.4 is 22.5 Å². The largest absolute Gasteiger partial charge is 0.855 e. The highest BCUT2D eigenvalue weighted by Gasteiger charge is 1.98. The topological polar surface area (TPSA) is 136 Å². The molecule has 0 unspecified atom stereocenters. The number of benzene rings is 1. The molecule has 0 radical (unpaired) electrons. The maximum Gasteiger partial charge on any atom is 0.132 e. The van der Waals surface area contributed by atoms with Crippen LogP contribution in [0.2, 0.25) is 0 Å². The number of carbonyl (C=O) groups excluding carboxylic acids is 1. The Morgan fingerprint density at radius 1 is 1.33 bits per heavy atom. The van der Waals surface area contributed by atoms with Gasteiger partial charge in [-0.1, -0.05) is 25.1 Å². The van der Waals surface area contributed by atoms with Crippen molar-refractivity contribution in [3.05, 3.63) is 35.6 Å². The number of hydrogen-bond donors (Lipinski definition) is 2. The highest BCUT2D eigenvalue weighted by atomic mass is 19.1. The molecular weight excluding hydrogens is 203 g/mol. The first kappa shape index (κ1) is 19.1. The van der Waals surface area contributed by atoms with Gasteiger partial charge in [0.2, 0.25) is 0 Å². The molecule has 0 heterocycles. The molecule has 1 aromatic carbocycles. The summed E-state index contributed by atoms with van der Waals surface area (Å²) < 4.78 is 12.4. The van der Waals surface area contributed by atoms with E-state index in [1.54, 1.807) is 6.92 Å². The third-order valence-corrected chi connectivity index (χ3v) is 1.09. The molecule has 15 heavy (non-hydrogen) atoms. The van der Waals surface area contributed by atoms with E-state index in [1.807, 2.05) is 0 Å². The molecule has 0 aliphatic carbocycles. The third kappa shape index (κ3) is 7.56. The Labute approximate surface area is 87.7 Å². The Balaban J connectivity index is -0.000000260. The van der Waals surface area contributed by atoms with Crippen LogP contribution in [0.1, 0.15) is 17.3 Å².